The predicted octanol–water partition coefficient (Wildman–Crippen LogP) is 1.34. The Morgan fingerprint density at radius 3 is 2.80 bits per heavy atom. The van der Waals surface area contributed by atoms with Crippen LogP contribution in [0.3, 0.4) is 0 Å². The summed E-state index contributed by atoms with van der Waals surface area (Å²) in [6, 6.07) is 7.04. The van der Waals surface area contributed by atoms with Crippen LogP contribution < -0.4 is 15.4 Å². The van der Waals surface area contributed by atoms with Crippen LogP contribution in [0.1, 0.15) is 6.42 Å². The largest absolute Gasteiger partial charge is 0.465 e. The van der Waals surface area contributed by atoms with Gasteiger partial charge in [-0.3, -0.25) is 14.6 Å². The van der Waals surface area contributed by atoms with E-state index >= 15 is 0 Å². The lowest BCUT2D eigenvalue weighted by molar-refractivity contribution is -0.117. The van der Waals surface area contributed by atoms with Crippen LogP contribution in [0.15, 0.2) is 75.1 Å². The number of hydrogen-bond acceptors (Lipinski definition) is 7. The van der Waals surface area contributed by atoms with Crippen molar-refractivity contribution in [1.29, 1.82) is 0 Å². The maximum absolute atomic E-state index is 12.4. The molecule has 2 aliphatic heterocycles. The fraction of sp³-hybridized carbons (Fsp3) is 0.0476. The Morgan fingerprint density at radius 2 is 1.87 bits per heavy atom. The summed E-state index contributed by atoms with van der Waals surface area (Å²) in [7, 11) is 0. The molecule has 9 heteroatoms. The van der Waals surface area contributed by atoms with Crippen molar-refractivity contribution in [3.8, 4) is 5.75 Å². The molecule has 9 nitrogen and oxygen atoms in total. The van der Waals surface area contributed by atoms with E-state index in [-0.39, 0.29) is 29.2 Å². The number of hydrogen-bond donors (Lipinski definition) is 0. The second-order valence-corrected chi connectivity index (χ2v) is 6.01. The van der Waals surface area contributed by atoms with Crippen molar-refractivity contribution in [2.24, 2.45) is 20.0 Å². The molecule has 146 valence electrons. The highest BCUT2D eigenvalue weighted by atomic mass is 16.5. The van der Waals surface area contributed by atoms with Crippen LogP contribution in [0.2, 0.25) is 0 Å². The summed E-state index contributed by atoms with van der Waals surface area (Å²) in [6.45, 7) is 0. The van der Waals surface area contributed by atoms with Crippen LogP contribution in [-0.2, 0) is 9.59 Å². The second-order valence-electron chi connectivity index (χ2n) is 6.01. The zero-order valence-electron chi connectivity index (χ0n) is 15.5. The summed E-state index contributed by atoms with van der Waals surface area (Å²) in [4.78, 5) is 48.5. The highest BCUT2D eigenvalue weighted by Gasteiger charge is 2.18. The van der Waals surface area contributed by atoms with Gasteiger partial charge in [0.25, 0.3) is 5.91 Å². The van der Waals surface area contributed by atoms with Gasteiger partial charge in [-0.1, -0.05) is 18.2 Å². The molecule has 0 saturated carbocycles. The molecule has 1 aromatic heterocycles. The monoisotopic (exact) mass is 398 g/mol. The highest BCUT2D eigenvalue weighted by Crippen LogP contribution is 2.20. The normalized spacial score (nSPS) is 17.9. The number of allylic oxidation sites excluding steroid dienone is 2. The Morgan fingerprint density at radius 1 is 0.967 bits per heavy atom. The van der Waals surface area contributed by atoms with E-state index in [1.54, 1.807) is 42.5 Å². The Hall–Kier alpha value is -4.40. The van der Waals surface area contributed by atoms with Gasteiger partial charge in [-0.15, -0.1) is 0 Å². The number of aromatic nitrogens is 2. The Balaban J connectivity index is 1.81. The molecule has 0 saturated heterocycles. The molecule has 2 bridgehead atoms. The summed E-state index contributed by atoms with van der Waals surface area (Å²) in [5, 5.41) is 0.374. The molecule has 30 heavy (non-hydrogen) atoms. The lowest BCUT2D eigenvalue weighted by Gasteiger charge is -2.00. The molecule has 0 aliphatic carbocycles. The first-order valence-corrected chi connectivity index (χ1v) is 8.91. The third-order valence-electron chi connectivity index (χ3n) is 3.98. The number of fused-ring (bicyclic) bond motifs is 2. The fourth-order valence-corrected chi connectivity index (χ4v) is 2.63. The number of nitrogens with zero attached hydrogens (tertiary/aromatic N) is 6. The molecule has 0 fully saturated rings. The number of carbonyl (C=O) groups excluding carboxylic acids is 2. The predicted molar refractivity (Wildman–Crippen MR) is 111 cm³/mol. The van der Waals surface area contributed by atoms with Crippen molar-refractivity contribution in [1.82, 2.24) is 9.97 Å². The molecule has 2 amide bonds. The zero-order chi connectivity index (χ0) is 20.8. The summed E-state index contributed by atoms with van der Waals surface area (Å²) in [5.74, 6) is -0.0274. The molecule has 0 N–H and O–H groups in total. The maximum atomic E-state index is 12.4. The van der Waals surface area contributed by atoms with E-state index in [0.717, 1.165) is 0 Å². The van der Waals surface area contributed by atoms with Crippen molar-refractivity contribution < 1.29 is 14.3 Å². The molecule has 2 aliphatic rings. The number of carbonyl (C=O) groups is 2. The lowest BCUT2D eigenvalue weighted by atomic mass is 10.2. The minimum Gasteiger partial charge on any atom is -0.465 e. The zero-order valence-corrected chi connectivity index (χ0v) is 15.5. The molecule has 0 radical (unpaired) electrons. The number of rotatable bonds is 0. The van der Waals surface area contributed by atoms with Crippen molar-refractivity contribution in [3.05, 3.63) is 65.8 Å². The highest BCUT2D eigenvalue weighted by molar-refractivity contribution is 6.36. The van der Waals surface area contributed by atoms with Gasteiger partial charge in [-0.05, 0) is 18.2 Å². The second kappa shape index (κ2) is 8.74. The summed E-state index contributed by atoms with van der Waals surface area (Å²) >= 11 is 0. The number of ether oxygens (including phenoxy) is 1. The molecule has 3 heterocycles. The molecule has 4 rings (SSSR count). The van der Waals surface area contributed by atoms with Gasteiger partial charge in [-0.25, -0.2) is 20.0 Å². The van der Waals surface area contributed by atoms with Gasteiger partial charge in [0.05, 0.1) is 22.7 Å². The quantitative estimate of drug-likeness (QED) is 0.663. The van der Waals surface area contributed by atoms with Crippen molar-refractivity contribution in [3.63, 3.8) is 0 Å². The Bertz CT molecular complexity index is 1290. The van der Waals surface area contributed by atoms with E-state index in [4.69, 9.17) is 4.74 Å². The Labute approximate surface area is 170 Å². The first-order valence-electron chi connectivity index (χ1n) is 8.91. The van der Waals surface area contributed by atoms with E-state index < -0.39 is 5.91 Å². The van der Waals surface area contributed by atoms with E-state index in [1.165, 1.54) is 31.2 Å². The molecule has 0 atom stereocenters. The first-order chi connectivity index (χ1) is 14.7. The smallest absolute Gasteiger partial charge is 0.281 e. The van der Waals surface area contributed by atoms with Crippen molar-refractivity contribution >= 4 is 47.5 Å². The van der Waals surface area contributed by atoms with Gasteiger partial charge in [0.2, 0.25) is 5.91 Å². The van der Waals surface area contributed by atoms with Crippen LogP contribution in [0.25, 0.3) is 5.57 Å². The van der Waals surface area contributed by atoms with E-state index in [9.17, 15) is 9.59 Å². The summed E-state index contributed by atoms with van der Waals surface area (Å²) in [5.41, 5.74) is 1.02. The van der Waals surface area contributed by atoms with Crippen LogP contribution in [0.4, 0.5) is 11.5 Å². The minimum absolute atomic E-state index is 0.131. The molecule has 1 aromatic carbocycles. The van der Waals surface area contributed by atoms with E-state index in [0.29, 0.717) is 16.7 Å². The minimum atomic E-state index is -0.484. The maximum Gasteiger partial charge on any atom is 0.281 e. The van der Waals surface area contributed by atoms with Gasteiger partial charge in [0.15, 0.2) is 11.3 Å². The summed E-state index contributed by atoms with van der Waals surface area (Å²) in [6.07, 6.45) is 11.9. The van der Waals surface area contributed by atoms with Gasteiger partial charge >= 0.3 is 0 Å². The number of amides is 2. The van der Waals surface area contributed by atoms with E-state index in [1.807, 2.05) is 0 Å². The third kappa shape index (κ3) is 4.36. The standard InChI is InChI=1S/C21H14N6O3/c28-17-7-2-1-3-10-30-15-6-4-5-14(11-15)24-12-16-18-19(23-9-8-22-17)25-13-26-20(18)27-21(16)29/h1-6,8-13H,7H2/b2-1-,10-3-,22-8?,23-9?,24-12?. The third-order valence-corrected chi connectivity index (χ3v) is 3.98. The van der Waals surface area contributed by atoms with E-state index in [2.05, 4.69) is 29.9 Å². The van der Waals surface area contributed by atoms with Crippen molar-refractivity contribution in [2.75, 3.05) is 0 Å². The number of aliphatic imine (C=N–C) groups is 3. The van der Waals surface area contributed by atoms with Crippen molar-refractivity contribution in [2.45, 2.75) is 6.42 Å². The molecule has 0 spiro atoms. The average molecular weight is 398 g/mol. The molecular weight excluding hydrogens is 384 g/mol. The summed E-state index contributed by atoms with van der Waals surface area (Å²) < 4.78 is 5.53. The Kier molecular flexibility index (Phi) is 5.52. The van der Waals surface area contributed by atoms with Crippen LogP contribution in [0.5, 0.6) is 5.75 Å². The van der Waals surface area contributed by atoms with Crippen LogP contribution >= 0.6 is 0 Å². The van der Waals surface area contributed by atoms with Gasteiger partial charge in [-0.2, -0.15) is 4.99 Å². The lowest BCUT2D eigenvalue weighted by Crippen LogP contribution is -2.28. The van der Waals surface area contributed by atoms with Gasteiger partial charge in [0.1, 0.15) is 12.1 Å². The molecular formula is C21H14N6O3. The fourth-order valence-electron chi connectivity index (χ4n) is 2.63. The average Bonchev–Trinajstić information content (AvgIpc) is 3.07. The molecule has 2 aromatic rings. The number of benzene rings is 1. The first kappa shape index (κ1) is 18.9. The van der Waals surface area contributed by atoms with Gasteiger partial charge in [0, 0.05) is 31.1 Å². The van der Waals surface area contributed by atoms with Gasteiger partial charge < -0.3 is 4.74 Å². The SMILES string of the molecule is O=C1C/C=C\C=C/Oc2cccc(c2)N=CC2=c3c(ncnc3=NC2=O)N=CC=N1. The van der Waals surface area contributed by atoms with Crippen LogP contribution in [0, 0.1) is 0 Å². The topological polar surface area (TPSA) is 119 Å². The van der Waals surface area contributed by atoms with Crippen LogP contribution in [-0.4, -0.2) is 40.4 Å². The molecule has 0 unspecified atom stereocenters.